The molecule has 1 rings (SSSR count). The van der Waals surface area contributed by atoms with Crippen LogP contribution in [0.2, 0.25) is 18.1 Å². The quantitative estimate of drug-likeness (QED) is 0.578. The van der Waals surface area contributed by atoms with Crippen LogP contribution in [0.5, 0.6) is 5.75 Å². The largest absolute Gasteiger partial charge is 0.542 e. The Bertz CT molecular complexity index is 358. The van der Waals surface area contributed by atoms with Crippen LogP contribution in [-0.2, 0) is 0 Å². The molecule has 1 aromatic rings. The second kappa shape index (κ2) is 6.39. The van der Waals surface area contributed by atoms with Gasteiger partial charge in [-0.2, -0.15) is 0 Å². The normalized spacial score (nSPS) is 11.6. The molecule has 0 bridgehead atoms. The zero-order valence-electron chi connectivity index (χ0n) is 10.9. The second-order valence-electron chi connectivity index (χ2n) is 4.40. The summed E-state index contributed by atoms with van der Waals surface area (Å²) in [6.45, 7) is 8.82. The summed E-state index contributed by atoms with van der Waals surface area (Å²) in [5, 5.41) is 0. The van der Waals surface area contributed by atoms with Crippen molar-refractivity contribution >= 4 is 40.2 Å². The average Bonchev–Trinajstić information content (AvgIpc) is 2.29. The van der Waals surface area contributed by atoms with Crippen LogP contribution >= 0.6 is 31.9 Å². The van der Waals surface area contributed by atoms with E-state index in [-0.39, 0.29) is 0 Å². The van der Waals surface area contributed by atoms with Gasteiger partial charge < -0.3 is 4.43 Å². The van der Waals surface area contributed by atoms with Gasteiger partial charge in [0.05, 0.1) is 8.95 Å². The van der Waals surface area contributed by atoms with Crippen LogP contribution in [0.15, 0.2) is 21.1 Å². The average molecular weight is 380 g/mol. The molecule has 0 aliphatic heterocycles. The zero-order valence-corrected chi connectivity index (χ0v) is 15.1. The molecule has 0 heterocycles. The molecule has 0 saturated carbocycles. The van der Waals surface area contributed by atoms with Gasteiger partial charge in [0.1, 0.15) is 5.75 Å². The van der Waals surface area contributed by atoms with Crippen molar-refractivity contribution in [2.45, 2.75) is 45.8 Å². The monoisotopic (exact) mass is 378 g/mol. The third-order valence-corrected chi connectivity index (χ3v) is 9.08. The number of hydrogen-bond acceptors (Lipinski definition) is 1. The summed E-state index contributed by atoms with van der Waals surface area (Å²) in [5.41, 5.74) is 1.23. The van der Waals surface area contributed by atoms with Crippen LogP contribution in [0.1, 0.15) is 26.3 Å². The summed E-state index contributed by atoms with van der Waals surface area (Å²) in [6, 6.07) is 7.70. The topological polar surface area (TPSA) is 9.23 Å². The lowest BCUT2D eigenvalue weighted by molar-refractivity contribution is 0.525. The van der Waals surface area contributed by atoms with Gasteiger partial charge in [-0.05, 0) is 74.6 Å². The highest BCUT2D eigenvalue weighted by atomic mass is 79.9. The first-order valence-corrected chi connectivity index (χ1v) is 10.2. The van der Waals surface area contributed by atoms with Crippen molar-refractivity contribution in [3.8, 4) is 5.75 Å². The lowest BCUT2D eigenvalue weighted by Gasteiger charge is -2.30. The van der Waals surface area contributed by atoms with Crippen molar-refractivity contribution in [1.82, 2.24) is 0 Å². The Kier molecular flexibility index (Phi) is 5.73. The summed E-state index contributed by atoms with van der Waals surface area (Å²) in [5.74, 6) is 0.979. The SMILES string of the molecule is CC[Si](CC)(CC)Oc1c(Br)cc(C)cc1Br. The van der Waals surface area contributed by atoms with E-state index in [2.05, 4.69) is 71.7 Å². The zero-order chi connectivity index (χ0) is 13.1. The summed E-state index contributed by atoms with van der Waals surface area (Å²) < 4.78 is 8.52. The van der Waals surface area contributed by atoms with Crippen molar-refractivity contribution in [2.24, 2.45) is 0 Å². The number of aryl methyl sites for hydroxylation is 1. The Hall–Kier alpha value is 0.197. The van der Waals surface area contributed by atoms with Gasteiger partial charge in [-0.1, -0.05) is 20.8 Å². The molecule has 0 spiro atoms. The van der Waals surface area contributed by atoms with E-state index in [1.165, 1.54) is 5.56 Å². The maximum absolute atomic E-state index is 6.41. The van der Waals surface area contributed by atoms with Crippen molar-refractivity contribution in [3.05, 3.63) is 26.6 Å². The molecule has 0 aromatic heterocycles. The maximum atomic E-state index is 6.41. The van der Waals surface area contributed by atoms with Crippen molar-refractivity contribution in [2.75, 3.05) is 0 Å². The smallest absolute Gasteiger partial charge is 0.250 e. The van der Waals surface area contributed by atoms with Gasteiger partial charge in [0.25, 0.3) is 8.32 Å². The molecule has 96 valence electrons. The van der Waals surface area contributed by atoms with Gasteiger partial charge >= 0.3 is 0 Å². The molecule has 0 unspecified atom stereocenters. The Morgan fingerprint density at radius 3 is 1.76 bits per heavy atom. The van der Waals surface area contributed by atoms with Gasteiger partial charge in [0, 0.05) is 0 Å². The molecular formula is C13H20Br2OSi. The maximum Gasteiger partial charge on any atom is 0.250 e. The van der Waals surface area contributed by atoms with E-state index in [9.17, 15) is 0 Å². The van der Waals surface area contributed by atoms with Crippen LogP contribution in [0, 0.1) is 6.92 Å². The predicted molar refractivity (Wildman–Crippen MR) is 84.4 cm³/mol. The third-order valence-electron chi connectivity index (χ3n) is 3.39. The Labute approximate surface area is 122 Å². The highest BCUT2D eigenvalue weighted by Crippen LogP contribution is 2.38. The molecular weight excluding hydrogens is 360 g/mol. The van der Waals surface area contributed by atoms with Gasteiger partial charge in [0.15, 0.2) is 0 Å². The summed E-state index contributed by atoms with van der Waals surface area (Å²) in [6.07, 6.45) is 0. The molecule has 0 fully saturated rings. The molecule has 1 aromatic carbocycles. The summed E-state index contributed by atoms with van der Waals surface area (Å²) in [4.78, 5) is 0. The van der Waals surface area contributed by atoms with E-state index in [0.717, 1.165) is 32.8 Å². The predicted octanol–water partition coefficient (Wildman–Crippen LogP) is 5.90. The summed E-state index contributed by atoms with van der Waals surface area (Å²) >= 11 is 7.21. The van der Waals surface area contributed by atoms with Crippen molar-refractivity contribution in [3.63, 3.8) is 0 Å². The molecule has 0 atom stereocenters. The number of rotatable bonds is 5. The van der Waals surface area contributed by atoms with Gasteiger partial charge in [-0.15, -0.1) is 0 Å². The molecule has 0 radical (unpaired) electrons. The van der Waals surface area contributed by atoms with E-state index >= 15 is 0 Å². The first-order valence-electron chi connectivity index (χ1n) is 6.12. The number of benzene rings is 1. The fourth-order valence-electron chi connectivity index (χ4n) is 1.97. The van der Waals surface area contributed by atoms with Gasteiger partial charge in [-0.3, -0.25) is 0 Å². The van der Waals surface area contributed by atoms with Crippen LogP contribution in [0.3, 0.4) is 0 Å². The minimum absolute atomic E-state index is 0.979. The van der Waals surface area contributed by atoms with Crippen LogP contribution in [0.4, 0.5) is 0 Å². The van der Waals surface area contributed by atoms with E-state index in [1.54, 1.807) is 0 Å². The first kappa shape index (κ1) is 15.3. The molecule has 0 aliphatic carbocycles. The van der Waals surface area contributed by atoms with Gasteiger partial charge in [-0.25, -0.2) is 0 Å². The van der Waals surface area contributed by atoms with Crippen molar-refractivity contribution < 1.29 is 4.43 Å². The molecule has 0 amide bonds. The van der Waals surface area contributed by atoms with E-state index < -0.39 is 8.32 Å². The van der Waals surface area contributed by atoms with E-state index in [0.29, 0.717) is 0 Å². The lowest BCUT2D eigenvalue weighted by atomic mass is 10.2. The Balaban J connectivity index is 3.09. The number of halogens is 2. The highest BCUT2D eigenvalue weighted by Gasteiger charge is 2.32. The minimum Gasteiger partial charge on any atom is -0.542 e. The van der Waals surface area contributed by atoms with Crippen LogP contribution in [0.25, 0.3) is 0 Å². The molecule has 17 heavy (non-hydrogen) atoms. The first-order chi connectivity index (χ1) is 7.98. The van der Waals surface area contributed by atoms with Crippen LogP contribution < -0.4 is 4.43 Å². The lowest BCUT2D eigenvalue weighted by Crippen LogP contribution is -2.39. The standard InChI is InChI=1S/C13H20Br2OSi/c1-5-17(6-2,7-3)16-13-11(14)8-10(4)9-12(13)15/h8-9H,5-7H2,1-4H3. The Morgan fingerprint density at radius 2 is 1.41 bits per heavy atom. The number of hydrogen-bond donors (Lipinski definition) is 0. The molecule has 1 nitrogen and oxygen atoms in total. The second-order valence-corrected chi connectivity index (χ2v) is 10.8. The summed E-state index contributed by atoms with van der Waals surface area (Å²) in [7, 11) is -1.60. The van der Waals surface area contributed by atoms with Gasteiger partial charge in [0.2, 0.25) is 0 Å². The van der Waals surface area contributed by atoms with Crippen LogP contribution in [-0.4, -0.2) is 8.32 Å². The molecule has 0 N–H and O–H groups in total. The minimum atomic E-state index is -1.60. The Morgan fingerprint density at radius 1 is 1.00 bits per heavy atom. The van der Waals surface area contributed by atoms with E-state index in [4.69, 9.17) is 4.43 Å². The fraction of sp³-hybridized carbons (Fsp3) is 0.538. The molecule has 4 heteroatoms. The van der Waals surface area contributed by atoms with E-state index in [1.807, 2.05) is 0 Å². The third kappa shape index (κ3) is 3.58. The van der Waals surface area contributed by atoms with Crippen molar-refractivity contribution in [1.29, 1.82) is 0 Å². The molecule has 0 aliphatic rings. The fourth-order valence-corrected chi connectivity index (χ4v) is 6.43. The molecule has 0 saturated heterocycles. The highest BCUT2D eigenvalue weighted by molar-refractivity contribution is 9.11.